The molecule has 1 fully saturated rings. The SMILES string of the molecule is COc1cc(N2CCC(Br)C2)ccn1. The summed E-state index contributed by atoms with van der Waals surface area (Å²) in [7, 11) is 1.64. The van der Waals surface area contributed by atoms with Gasteiger partial charge < -0.3 is 9.64 Å². The van der Waals surface area contributed by atoms with E-state index in [1.54, 1.807) is 13.3 Å². The summed E-state index contributed by atoms with van der Waals surface area (Å²) < 4.78 is 5.09. The molecule has 1 aromatic heterocycles. The monoisotopic (exact) mass is 256 g/mol. The molecular weight excluding hydrogens is 244 g/mol. The highest BCUT2D eigenvalue weighted by Crippen LogP contribution is 2.25. The second kappa shape index (κ2) is 4.17. The summed E-state index contributed by atoms with van der Waals surface area (Å²) >= 11 is 3.62. The Morgan fingerprint density at radius 2 is 2.50 bits per heavy atom. The van der Waals surface area contributed by atoms with Crippen molar-refractivity contribution in [2.75, 3.05) is 25.1 Å². The number of alkyl halides is 1. The lowest BCUT2D eigenvalue weighted by molar-refractivity contribution is 0.398. The summed E-state index contributed by atoms with van der Waals surface area (Å²) in [5.41, 5.74) is 1.19. The van der Waals surface area contributed by atoms with E-state index in [2.05, 4.69) is 25.8 Å². The van der Waals surface area contributed by atoms with E-state index < -0.39 is 0 Å². The molecular formula is C10H13BrN2O. The lowest BCUT2D eigenvalue weighted by atomic mass is 10.3. The maximum atomic E-state index is 5.09. The summed E-state index contributed by atoms with van der Waals surface area (Å²) in [6, 6.07) is 4.00. The predicted molar refractivity (Wildman–Crippen MR) is 60.3 cm³/mol. The fourth-order valence-electron chi connectivity index (χ4n) is 1.66. The van der Waals surface area contributed by atoms with Gasteiger partial charge in [-0.05, 0) is 12.5 Å². The number of halogens is 1. The Balaban J connectivity index is 2.15. The second-order valence-electron chi connectivity index (χ2n) is 3.39. The Morgan fingerprint density at radius 3 is 3.14 bits per heavy atom. The summed E-state index contributed by atoms with van der Waals surface area (Å²) in [4.78, 5) is 7.04. The standard InChI is InChI=1S/C10H13BrN2O/c1-14-10-6-9(2-4-12-10)13-5-3-8(11)7-13/h2,4,6,8H,3,5,7H2,1H3. The van der Waals surface area contributed by atoms with Crippen LogP contribution in [-0.2, 0) is 0 Å². The van der Waals surface area contributed by atoms with E-state index in [9.17, 15) is 0 Å². The van der Waals surface area contributed by atoms with E-state index in [0.29, 0.717) is 10.7 Å². The number of nitrogens with zero attached hydrogens (tertiary/aromatic N) is 2. The van der Waals surface area contributed by atoms with Crippen LogP contribution < -0.4 is 9.64 Å². The summed E-state index contributed by atoms with van der Waals surface area (Å²) in [6.07, 6.45) is 2.99. The zero-order valence-corrected chi connectivity index (χ0v) is 9.70. The van der Waals surface area contributed by atoms with Crippen molar-refractivity contribution in [2.45, 2.75) is 11.2 Å². The average molecular weight is 257 g/mol. The smallest absolute Gasteiger partial charge is 0.214 e. The van der Waals surface area contributed by atoms with Gasteiger partial charge in [-0.2, -0.15) is 0 Å². The van der Waals surface area contributed by atoms with Crippen LogP contribution in [0.2, 0.25) is 0 Å². The van der Waals surface area contributed by atoms with E-state index in [-0.39, 0.29) is 0 Å². The number of pyridine rings is 1. The molecule has 1 aromatic rings. The minimum atomic E-state index is 0.613. The van der Waals surface area contributed by atoms with Crippen LogP contribution in [0.3, 0.4) is 0 Å². The van der Waals surface area contributed by atoms with Crippen LogP contribution >= 0.6 is 15.9 Å². The molecule has 1 aliphatic rings. The molecule has 0 aliphatic carbocycles. The van der Waals surface area contributed by atoms with E-state index in [4.69, 9.17) is 4.74 Å². The summed E-state index contributed by atoms with van der Waals surface area (Å²) in [6.45, 7) is 2.16. The molecule has 4 heteroatoms. The van der Waals surface area contributed by atoms with Gasteiger partial charge in [-0.15, -0.1) is 0 Å². The van der Waals surface area contributed by atoms with Gasteiger partial charge >= 0.3 is 0 Å². The highest BCUT2D eigenvalue weighted by atomic mass is 79.9. The molecule has 76 valence electrons. The molecule has 0 aromatic carbocycles. The topological polar surface area (TPSA) is 25.4 Å². The van der Waals surface area contributed by atoms with Gasteiger partial charge in [0.2, 0.25) is 5.88 Å². The van der Waals surface area contributed by atoms with Crippen LogP contribution in [0.4, 0.5) is 5.69 Å². The van der Waals surface area contributed by atoms with Gasteiger partial charge in [-0.3, -0.25) is 0 Å². The van der Waals surface area contributed by atoms with Crippen molar-refractivity contribution in [1.82, 2.24) is 4.98 Å². The maximum Gasteiger partial charge on any atom is 0.214 e. The third-order valence-electron chi connectivity index (χ3n) is 2.42. The van der Waals surface area contributed by atoms with Gasteiger partial charge in [-0.25, -0.2) is 4.98 Å². The Hall–Kier alpha value is -0.770. The van der Waals surface area contributed by atoms with Gasteiger partial charge in [0, 0.05) is 35.9 Å². The zero-order chi connectivity index (χ0) is 9.97. The Morgan fingerprint density at radius 1 is 1.64 bits per heavy atom. The molecule has 1 unspecified atom stereocenters. The van der Waals surface area contributed by atoms with Crippen LogP contribution in [0.5, 0.6) is 5.88 Å². The summed E-state index contributed by atoms with van der Waals surface area (Å²) in [5, 5.41) is 0. The molecule has 1 aliphatic heterocycles. The molecule has 1 saturated heterocycles. The Bertz CT molecular complexity index is 319. The molecule has 3 nitrogen and oxygen atoms in total. The van der Waals surface area contributed by atoms with Crippen molar-refractivity contribution in [3.05, 3.63) is 18.3 Å². The fraction of sp³-hybridized carbons (Fsp3) is 0.500. The quantitative estimate of drug-likeness (QED) is 0.758. The van der Waals surface area contributed by atoms with Crippen molar-refractivity contribution in [3.63, 3.8) is 0 Å². The van der Waals surface area contributed by atoms with Crippen LogP contribution in [0.25, 0.3) is 0 Å². The number of anilines is 1. The fourth-order valence-corrected chi connectivity index (χ4v) is 2.21. The van der Waals surface area contributed by atoms with Gasteiger partial charge in [0.15, 0.2) is 0 Å². The Kier molecular flexibility index (Phi) is 2.91. The molecule has 14 heavy (non-hydrogen) atoms. The number of hydrogen-bond acceptors (Lipinski definition) is 3. The summed E-state index contributed by atoms with van der Waals surface area (Å²) in [5.74, 6) is 0.681. The first-order valence-corrected chi connectivity index (χ1v) is 5.60. The molecule has 2 heterocycles. The first kappa shape index (κ1) is 9.77. The van der Waals surface area contributed by atoms with Crippen molar-refractivity contribution < 1.29 is 4.74 Å². The van der Waals surface area contributed by atoms with Crippen molar-refractivity contribution in [1.29, 1.82) is 0 Å². The molecule has 0 spiro atoms. The maximum absolute atomic E-state index is 5.09. The van der Waals surface area contributed by atoms with E-state index in [0.717, 1.165) is 13.1 Å². The predicted octanol–water partition coefficient (Wildman–Crippen LogP) is 2.06. The van der Waals surface area contributed by atoms with Crippen molar-refractivity contribution >= 4 is 21.6 Å². The van der Waals surface area contributed by atoms with Crippen molar-refractivity contribution in [3.8, 4) is 5.88 Å². The van der Waals surface area contributed by atoms with Gasteiger partial charge in [0.1, 0.15) is 0 Å². The number of rotatable bonds is 2. The highest BCUT2D eigenvalue weighted by molar-refractivity contribution is 9.09. The third-order valence-corrected chi connectivity index (χ3v) is 3.17. The van der Waals surface area contributed by atoms with E-state index in [1.165, 1.54) is 12.1 Å². The first-order valence-electron chi connectivity index (χ1n) is 4.68. The lowest BCUT2D eigenvalue weighted by Gasteiger charge is -2.17. The normalized spacial score (nSPS) is 21.3. The van der Waals surface area contributed by atoms with Crippen LogP contribution in [0.15, 0.2) is 18.3 Å². The van der Waals surface area contributed by atoms with E-state index in [1.807, 2.05) is 12.1 Å². The number of methoxy groups -OCH3 is 1. The minimum absolute atomic E-state index is 0.613. The third kappa shape index (κ3) is 2.00. The molecule has 1 atom stereocenters. The number of aromatic nitrogens is 1. The molecule has 0 amide bonds. The van der Waals surface area contributed by atoms with Crippen LogP contribution in [0, 0.1) is 0 Å². The molecule has 0 radical (unpaired) electrons. The van der Waals surface area contributed by atoms with Gasteiger partial charge in [0.05, 0.1) is 7.11 Å². The van der Waals surface area contributed by atoms with Crippen LogP contribution in [-0.4, -0.2) is 30.0 Å². The van der Waals surface area contributed by atoms with Crippen molar-refractivity contribution in [2.24, 2.45) is 0 Å². The number of ether oxygens (including phenoxy) is 1. The first-order chi connectivity index (χ1) is 6.79. The molecule has 0 saturated carbocycles. The largest absolute Gasteiger partial charge is 0.481 e. The van der Waals surface area contributed by atoms with Gasteiger partial charge in [0.25, 0.3) is 0 Å². The average Bonchev–Trinajstić information content (AvgIpc) is 2.65. The van der Waals surface area contributed by atoms with Crippen LogP contribution in [0.1, 0.15) is 6.42 Å². The van der Waals surface area contributed by atoms with E-state index >= 15 is 0 Å². The zero-order valence-electron chi connectivity index (χ0n) is 8.11. The highest BCUT2D eigenvalue weighted by Gasteiger charge is 2.20. The minimum Gasteiger partial charge on any atom is -0.481 e. The van der Waals surface area contributed by atoms with Gasteiger partial charge in [-0.1, -0.05) is 15.9 Å². The second-order valence-corrected chi connectivity index (χ2v) is 4.68. The lowest BCUT2D eigenvalue weighted by Crippen LogP contribution is -2.19. The molecule has 2 rings (SSSR count). The molecule has 0 N–H and O–H groups in total. The Labute approximate surface area is 92.2 Å². The number of hydrogen-bond donors (Lipinski definition) is 0. The molecule has 0 bridgehead atoms.